The van der Waals surface area contributed by atoms with Crippen molar-refractivity contribution in [3.63, 3.8) is 0 Å². The number of methoxy groups -OCH3 is 1. The first-order valence-electron chi connectivity index (χ1n) is 12.1. The SMILES string of the molecule is COC(=O)c1c(OC(C)C)cc(=O)n2c1CCN(C(=O)c1cc(C3CC3)nc3ccccc13)CC2. The summed E-state index contributed by atoms with van der Waals surface area (Å²) in [7, 11) is 1.31. The van der Waals surface area contributed by atoms with Crippen LogP contribution in [-0.4, -0.2) is 52.6 Å². The molecule has 2 aliphatic rings. The van der Waals surface area contributed by atoms with E-state index < -0.39 is 5.97 Å². The van der Waals surface area contributed by atoms with Gasteiger partial charge in [-0.05, 0) is 38.8 Å². The number of aromatic nitrogens is 2. The molecule has 3 heterocycles. The molecule has 1 aromatic carbocycles. The van der Waals surface area contributed by atoms with Crippen molar-refractivity contribution < 1.29 is 19.1 Å². The fourth-order valence-electron chi connectivity index (χ4n) is 4.75. The number of pyridine rings is 2. The third-order valence-corrected chi connectivity index (χ3v) is 6.59. The van der Waals surface area contributed by atoms with Crippen LogP contribution in [0.4, 0.5) is 0 Å². The fraction of sp³-hybridized carbons (Fsp3) is 0.407. The molecular formula is C27H29N3O5. The third kappa shape index (κ3) is 4.40. The molecule has 182 valence electrons. The van der Waals surface area contributed by atoms with Gasteiger partial charge in [-0.15, -0.1) is 0 Å². The van der Waals surface area contributed by atoms with E-state index in [1.54, 1.807) is 9.47 Å². The Morgan fingerprint density at radius 1 is 1.09 bits per heavy atom. The molecule has 8 heteroatoms. The van der Waals surface area contributed by atoms with Crippen molar-refractivity contribution in [1.29, 1.82) is 0 Å². The van der Waals surface area contributed by atoms with Gasteiger partial charge in [-0.3, -0.25) is 14.6 Å². The van der Waals surface area contributed by atoms with Gasteiger partial charge in [-0.2, -0.15) is 0 Å². The highest BCUT2D eigenvalue weighted by Gasteiger charge is 2.30. The zero-order valence-electron chi connectivity index (χ0n) is 20.2. The van der Waals surface area contributed by atoms with Crippen molar-refractivity contribution in [3.8, 4) is 5.75 Å². The molecule has 8 nitrogen and oxygen atoms in total. The summed E-state index contributed by atoms with van der Waals surface area (Å²) in [5.41, 5.74) is 2.94. The summed E-state index contributed by atoms with van der Waals surface area (Å²) in [5.74, 6) is -0.0137. The van der Waals surface area contributed by atoms with Crippen LogP contribution in [0.25, 0.3) is 10.9 Å². The van der Waals surface area contributed by atoms with Crippen LogP contribution >= 0.6 is 0 Å². The van der Waals surface area contributed by atoms with Gasteiger partial charge in [0.2, 0.25) is 0 Å². The van der Waals surface area contributed by atoms with E-state index in [-0.39, 0.29) is 35.4 Å². The number of rotatable bonds is 5. The number of ether oxygens (including phenoxy) is 2. The Balaban J connectivity index is 1.51. The maximum absolute atomic E-state index is 13.8. The van der Waals surface area contributed by atoms with Crippen LogP contribution in [0.15, 0.2) is 41.2 Å². The van der Waals surface area contributed by atoms with Crippen molar-refractivity contribution >= 4 is 22.8 Å². The number of hydrogen-bond acceptors (Lipinski definition) is 6. The lowest BCUT2D eigenvalue weighted by molar-refractivity contribution is 0.0591. The molecule has 1 fully saturated rings. The van der Waals surface area contributed by atoms with Crippen LogP contribution in [-0.2, 0) is 17.7 Å². The molecule has 1 amide bonds. The van der Waals surface area contributed by atoms with Crippen molar-refractivity contribution in [1.82, 2.24) is 14.5 Å². The second-order valence-electron chi connectivity index (χ2n) is 9.41. The topological polar surface area (TPSA) is 90.7 Å². The van der Waals surface area contributed by atoms with Gasteiger partial charge in [0.05, 0.1) is 24.3 Å². The molecule has 0 bridgehead atoms. The molecule has 0 radical (unpaired) electrons. The van der Waals surface area contributed by atoms with Crippen LogP contribution < -0.4 is 10.3 Å². The maximum Gasteiger partial charge on any atom is 0.343 e. The summed E-state index contributed by atoms with van der Waals surface area (Å²) in [5, 5.41) is 0.823. The highest BCUT2D eigenvalue weighted by Crippen LogP contribution is 2.40. The van der Waals surface area contributed by atoms with E-state index in [9.17, 15) is 14.4 Å². The number of fused-ring (bicyclic) bond motifs is 2. The Morgan fingerprint density at radius 2 is 1.86 bits per heavy atom. The summed E-state index contributed by atoms with van der Waals surface area (Å²) in [4.78, 5) is 46.0. The number of carbonyl (C=O) groups is 2. The summed E-state index contributed by atoms with van der Waals surface area (Å²) in [6, 6.07) is 11.0. The van der Waals surface area contributed by atoms with E-state index in [4.69, 9.17) is 14.5 Å². The van der Waals surface area contributed by atoms with E-state index in [1.165, 1.54) is 13.2 Å². The minimum atomic E-state index is -0.557. The van der Waals surface area contributed by atoms with Gasteiger partial charge in [0.15, 0.2) is 0 Å². The molecule has 0 N–H and O–H groups in total. The van der Waals surface area contributed by atoms with E-state index >= 15 is 0 Å². The zero-order chi connectivity index (χ0) is 24.7. The second kappa shape index (κ2) is 9.17. The molecule has 35 heavy (non-hydrogen) atoms. The van der Waals surface area contributed by atoms with Crippen LogP contribution in [0, 0.1) is 0 Å². The van der Waals surface area contributed by atoms with Crippen molar-refractivity contribution in [2.75, 3.05) is 20.2 Å². The van der Waals surface area contributed by atoms with Crippen molar-refractivity contribution in [2.24, 2.45) is 0 Å². The number of nitrogens with zero attached hydrogens (tertiary/aromatic N) is 3. The molecule has 1 aliphatic heterocycles. The summed E-state index contributed by atoms with van der Waals surface area (Å²) < 4.78 is 12.4. The average molecular weight is 476 g/mol. The molecule has 0 atom stereocenters. The molecule has 3 aromatic rings. The first-order valence-corrected chi connectivity index (χ1v) is 12.1. The summed E-state index contributed by atoms with van der Waals surface area (Å²) in [6.45, 7) is 4.67. The van der Waals surface area contributed by atoms with E-state index in [2.05, 4.69) is 0 Å². The number of hydrogen-bond donors (Lipinski definition) is 0. The Kier molecular flexibility index (Phi) is 6.05. The lowest BCUT2D eigenvalue weighted by Gasteiger charge is -2.21. The zero-order valence-corrected chi connectivity index (χ0v) is 20.2. The quantitative estimate of drug-likeness (QED) is 0.524. The normalized spacial score (nSPS) is 15.6. The van der Waals surface area contributed by atoms with Gasteiger partial charge in [-0.25, -0.2) is 4.79 Å². The monoisotopic (exact) mass is 475 g/mol. The molecule has 2 aromatic heterocycles. The van der Waals surface area contributed by atoms with Gasteiger partial charge in [0.1, 0.15) is 11.3 Å². The number of para-hydroxylation sites is 1. The molecule has 1 aliphatic carbocycles. The van der Waals surface area contributed by atoms with E-state index in [0.29, 0.717) is 36.7 Å². The fourth-order valence-corrected chi connectivity index (χ4v) is 4.75. The molecule has 5 rings (SSSR count). The van der Waals surface area contributed by atoms with Gasteiger partial charge in [-0.1, -0.05) is 18.2 Å². The molecular weight excluding hydrogens is 446 g/mol. The van der Waals surface area contributed by atoms with Gasteiger partial charge >= 0.3 is 5.97 Å². The summed E-state index contributed by atoms with van der Waals surface area (Å²) in [6.07, 6.45) is 2.31. The predicted octanol–water partition coefficient (Wildman–Crippen LogP) is 3.55. The van der Waals surface area contributed by atoms with Crippen LogP contribution in [0.2, 0.25) is 0 Å². The highest BCUT2D eigenvalue weighted by molar-refractivity contribution is 6.06. The number of amides is 1. The van der Waals surface area contributed by atoms with E-state index in [1.807, 2.05) is 44.2 Å². The van der Waals surface area contributed by atoms with Crippen LogP contribution in [0.1, 0.15) is 64.7 Å². The predicted molar refractivity (Wildman–Crippen MR) is 131 cm³/mol. The Hall–Kier alpha value is -3.68. The minimum absolute atomic E-state index is 0.0929. The van der Waals surface area contributed by atoms with Crippen molar-refractivity contribution in [3.05, 3.63) is 69.3 Å². The highest BCUT2D eigenvalue weighted by atomic mass is 16.5. The van der Waals surface area contributed by atoms with Gasteiger partial charge in [0.25, 0.3) is 11.5 Å². The van der Waals surface area contributed by atoms with Crippen LogP contribution in [0.5, 0.6) is 5.75 Å². The Morgan fingerprint density at radius 3 is 2.57 bits per heavy atom. The lowest BCUT2D eigenvalue weighted by Crippen LogP contribution is -2.34. The Bertz CT molecular complexity index is 1370. The molecule has 0 spiro atoms. The van der Waals surface area contributed by atoms with Crippen molar-refractivity contribution in [2.45, 2.75) is 51.7 Å². The minimum Gasteiger partial charge on any atom is -0.490 e. The largest absolute Gasteiger partial charge is 0.490 e. The Labute approximate surface area is 203 Å². The first kappa shape index (κ1) is 23.1. The summed E-state index contributed by atoms with van der Waals surface area (Å²) >= 11 is 0. The average Bonchev–Trinajstić information content (AvgIpc) is 3.70. The second-order valence-corrected chi connectivity index (χ2v) is 9.41. The van der Waals surface area contributed by atoms with Crippen LogP contribution in [0.3, 0.4) is 0 Å². The molecule has 0 saturated heterocycles. The third-order valence-electron chi connectivity index (χ3n) is 6.59. The lowest BCUT2D eigenvalue weighted by atomic mass is 10.0. The van der Waals surface area contributed by atoms with E-state index in [0.717, 1.165) is 29.4 Å². The molecule has 1 saturated carbocycles. The first-order chi connectivity index (χ1) is 16.9. The number of carbonyl (C=O) groups excluding carboxylic acids is 2. The smallest absolute Gasteiger partial charge is 0.343 e. The number of benzene rings is 1. The standard InChI is InChI=1S/C27H29N3O5/c1-16(2)35-23-15-24(31)30-13-12-29(11-10-22(30)25(23)27(33)34-3)26(32)19-14-21(17-8-9-17)28-20-7-5-4-6-18(19)20/h4-7,14-17H,8-13H2,1-3H3. The van der Waals surface area contributed by atoms with Gasteiger partial charge in [0, 0.05) is 54.8 Å². The number of esters is 1. The van der Waals surface area contributed by atoms with Gasteiger partial charge < -0.3 is 18.9 Å². The maximum atomic E-state index is 13.8. The molecule has 0 unspecified atom stereocenters.